The van der Waals surface area contributed by atoms with Crippen molar-refractivity contribution < 1.29 is 9.59 Å². The number of carbonyl (C=O) groups is 2. The minimum absolute atomic E-state index is 0. The van der Waals surface area contributed by atoms with Crippen molar-refractivity contribution in [1.82, 2.24) is 10.6 Å². The molecule has 0 aliphatic rings. The van der Waals surface area contributed by atoms with Crippen molar-refractivity contribution in [3.63, 3.8) is 0 Å². The van der Waals surface area contributed by atoms with Crippen LogP contribution in [0.2, 0.25) is 0 Å². The van der Waals surface area contributed by atoms with Gasteiger partial charge in [-0.25, -0.2) is 0 Å². The van der Waals surface area contributed by atoms with Crippen molar-refractivity contribution in [2.45, 2.75) is 65.3 Å². The van der Waals surface area contributed by atoms with E-state index in [4.69, 9.17) is 5.73 Å². The van der Waals surface area contributed by atoms with Gasteiger partial charge in [-0.15, -0.1) is 12.4 Å². The van der Waals surface area contributed by atoms with Crippen LogP contribution in [0.5, 0.6) is 0 Å². The Labute approximate surface area is 135 Å². The van der Waals surface area contributed by atoms with E-state index in [-0.39, 0.29) is 29.8 Å². The first kappa shape index (κ1) is 22.5. The number of nitrogens with one attached hydrogen (secondary N) is 2. The molecule has 6 heteroatoms. The number of hydrogen-bond donors (Lipinski definition) is 3. The van der Waals surface area contributed by atoms with Gasteiger partial charge in [0.25, 0.3) is 0 Å². The molecule has 1 unspecified atom stereocenters. The average Bonchev–Trinajstić information content (AvgIpc) is 2.32. The first-order valence-corrected chi connectivity index (χ1v) is 7.54. The molecule has 2 amide bonds. The number of carbonyl (C=O) groups excluding carboxylic acids is 2. The van der Waals surface area contributed by atoms with Gasteiger partial charge in [-0.3, -0.25) is 9.59 Å². The second-order valence-electron chi connectivity index (χ2n) is 6.20. The van der Waals surface area contributed by atoms with Crippen molar-refractivity contribution in [1.29, 1.82) is 0 Å². The Balaban J connectivity index is 0. The maximum Gasteiger partial charge on any atom is 0.220 e. The Morgan fingerprint density at radius 1 is 1.19 bits per heavy atom. The highest BCUT2D eigenvalue weighted by Crippen LogP contribution is 2.15. The Morgan fingerprint density at radius 2 is 1.81 bits per heavy atom. The molecule has 0 spiro atoms. The normalized spacial score (nSPS) is 13.2. The van der Waals surface area contributed by atoms with Gasteiger partial charge < -0.3 is 16.4 Å². The Bertz CT molecular complexity index is 311. The molecule has 0 bridgehead atoms. The standard InChI is InChI=1S/C15H31N3O2.ClH/c1-12(2)10-15(4,11-16)18-14(20)8-6-5-7-9-17-13(3)19;/h12H,5-11,16H2,1-4H3,(H,17,19)(H,18,20);1H. The molecule has 21 heavy (non-hydrogen) atoms. The van der Waals surface area contributed by atoms with Gasteiger partial charge in [0.1, 0.15) is 0 Å². The third kappa shape index (κ3) is 12.6. The molecular weight excluding hydrogens is 290 g/mol. The fourth-order valence-electron chi connectivity index (χ4n) is 2.34. The first-order chi connectivity index (χ1) is 9.29. The summed E-state index contributed by atoms with van der Waals surface area (Å²) in [7, 11) is 0. The molecule has 0 rings (SSSR count). The molecule has 4 N–H and O–H groups in total. The zero-order valence-corrected chi connectivity index (χ0v) is 14.6. The molecule has 5 nitrogen and oxygen atoms in total. The van der Waals surface area contributed by atoms with E-state index in [1.54, 1.807) is 0 Å². The van der Waals surface area contributed by atoms with Crippen molar-refractivity contribution in [2.75, 3.05) is 13.1 Å². The SMILES string of the molecule is CC(=O)NCCCCCC(=O)NC(C)(CN)CC(C)C.Cl. The van der Waals surface area contributed by atoms with Crippen LogP contribution < -0.4 is 16.4 Å². The zero-order chi connectivity index (χ0) is 15.6. The fourth-order valence-corrected chi connectivity index (χ4v) is 2.34. The fraction of sp³-hybridized carbons (Fsp3) is 0.867. The lowest BCUT2D eigenvalue weighted by Crippen LogP contribution is -2.52. The predicted octanol–water partition coefficient (Wildman–Crippen LogP) is 1.98. The molecule has 0 saturated heterocycles. The van der Waals surface area contributed by atoms with E-state index in [0.717, 1.165) is 25.7 Å². The molecule has 0 aliphatic carbocycles. The van der Waals surface area contributed by atoms with Crippen LogP contribution >= 0.6 is 12.4 Å². The van der Waals surface area contributed by atoms with Crippen LogP contribution in [0.4, 0.5) is 0 Å². The maximum atomic E-state index is 11.9. The monoisotopic (exact) mass is 321 g/mol. The quantitative estimate of drug-likeness (QED) is 0.538. The van der Waals surface area contributed by atoms with E-state index in [1.165, 1.54) is 6.92 Å². The third-order valence-electron chi connectivity index (χ3n) is 3.21. The lowest BCUT2D eigenvalue weighted by atomic mass is 9.90. The smallest absolute Gasteiger partial charge is 0.220 e. The molecule has 0 heterocycles. The van der Waals surface area contributed by atoms with Gasteiger partial charge in [0, 0.05) is 32.0 Å². The predicted molar refractivity (Wildman–Crippen MR) is 89.5 cm³/mol. The summed E-state index contributed by atoms with van der Waals surface area (Å²) in [5, 5.41) is 5.80. The number of halogens is 1. The van der Waals surface area contributed by atoms with Crippen LogP contribution in [0.3, 0.4) is 0 Å². The summed E-state index contributed by atoms with van der Waals surface area (Å²) in [5.74, 6) is 0.565. The van der Waals surface area contributed by atoms with E-state index in [0.29, 0.717) is 25.4 Å². The molecule has 0 aromatic carbocycles. The number of nitrogens with two attached hydrogens (primary N) is 1. The average molecular weight is 322 g/mol. The van der Waals surface area contributed by atoms with Crippen LogP contribution in [0, 0.1) is 5.92 Å². The van der Waals surface area contributed by atoms with Gasteiger partial charge in [0.2, 0.25) is 11.8 Å². The summed E-state index contributed by atoms with van der Waals surface area (Å²) in [5.41, 5.74) is 5.47. The molecule has 1 atom stereocenters. The largest absolute Gasteiger partial charge is 0.356 e. The summed E-state index contributed by atoms with van der Waals surface area (Å²) >= 11 is 0. The van der Waals surface area contributed by atoms with Crippen molar-refractivity contribution >= 4 is 24.2 Å². The van der Waals surface area contributed by atoms with Gasteiger partial charge in [-0.05, 0) is 32.1 Å². The lowest BCUT2D eigenvalue weighted by molar-refractivity contribution is -0.123. The molecule has 0 aromatic heterocycles. The van der Waals surface area contributed by atoms with Crippen LogP contribution in [-0.2, 0) is 9.59 Å². The van der Waals surface area contributed by atoms with Crippen LogP contribution in [0.15, 0.2) is 0 Å². The van der Waals surface area contributed by atoms with Gasteiger partial charge in [-0.2, -0.15) is 0 Å². The lowest BCUT2D eigenvalue weighted by Gasteiger charge is -2.31. The van der Waals surface area contributed by atoms with E-state index in [9.17, 15) is 9.59 Å². The molecular formula is C15H32ClN3O2. The van der Waals surface area contributed by atoms with Crippen LogP contribution in [0.25, 0.3) is 0 Å². The van der Waals surface area contributed by atoms with E-state index in [1.807, 2.05) is 6.92 Å². The molecule has 0 aromatic rings. The van der Waals surface area contributed by atoms with Crippen molar-refractivity contribution in [2.24, 2.45) is 11.7 Å². The number of rotatable bonds is 10. The van der Waals surface area contributed by atoms with E-state index >= 15 is 0 Å². The summed E-state index contributed by atoms with van der Waals surface area (Å²) < 4.78 is 0. The van der Waals surface area contributed by atoms with Crippen LogP contribution in [-0.4, -0.2) is 30.4 Å². The topological polar surface area (TPSA) is 84.2 Å². The summed E-state index contributed by atoms with van der Waals surface area (Å²) in [4.78, 5) is 22.6. The zero-order valence-electron chi connectivity index (χ0n) is 13.8. The molecule has 0 saturated carbocycles. The first-order valence-electron chi connectivity index (χ1n) is 7.54. The molecule has 0 fully saturated rings. The molecule has 0 radical (unpaired) electrons. The highest BCUT2D eigenvalue weighted by molar-refractivity contribution is 5.85. The van der Waals surface area contributed by atoms with E-state index < -0.39 is 0 Å². The maximum absolute atomic E-state index is 11.9. The van der Waals surface area contributed by atoms with Gasteiger partial charge in [-0.1, -0.05) is 20.3 Å². The second-order valence-corrected chi connectivity index (χ2v) is 6.20. The Hall–Kier alpha value is -0.810. The second kappa shape index (κ2) is 11.8. The van der Waals surface area contributed by atoms with E-state index in [2.05, 4.69) is 24.5 Å². The highest BCUT2D eigenvalue weighted by Gasteiger charge is 2.25. The van der Waals surface area contributed by atoms with Gasteiger partial charge in [0.15, 0.2) is 0 Å². The summed E-state index contributed by atoms with van der Waals surface area (Å²) in [6.45, 7) is 8.91. The van der Waals surface area contributed by atoms with Crippen molar-refractivity contribution in [3.8, 4) is 0 Å². The minimum Gasteiger partial charge on any atom is -0.356 e. The highest BCUT2D eigenvalue weighted by atomic mass is 35.5. The Kier molecular flexibility index (Phi) is 12.6. The summed E-state index contributed by atoms with van der Waals surface area (Å²) in [6.07, 6.45) is 4.10. The number of amides is 2. The minimum atomic E-state index is -0.304. The summed E-state index contributed by atoms with van der Waals surface area (Å²) in [6, 6.07) is 0. The van der Waals surface area contributed by atoms with Crippen molar-refractivity contribution in [3.05, 3.63) is 0 Å². The van der Waals surface area contributed by atoms with Gasteiger partial charge >= 0.3 is 0 Å². The molecule has 0 aliphatic heterocycles. The Morgan fingerprint density at radius 3 is 2.29 bits per heavy atom. The van der Waals surface area contributed by atoms with Gasteiger partial charge in [0.05, 0.1) is 0 Å². The number of unbranched alkanes of at least 4 members (excludes halogenated alkanes) is 2. The van der Waals surface area contributed by atoms with Crippen LogP contribution in [0.1, 0.15) is 59.8 Å². The third-order valence-corrected chi connectivity index (χ3v) is 3.21. The number of hydrogen-bond acceptors (Lipinski definition) is 3. The molecule has 126 valence electrons.